The maximum Gasteiger partial charge on any atom is 0.416 e. The van der Waals surface area contributed by atoms with Gasteiger partial charge in [0.25, 0.3) is 5.91 Å². The van der Waals surface area contributed by atoms with E-state index >= 15 is 0 Å². The minimum atomic E-state index is -4.45. The van der Waals surface area contributed by atoms with E-state index in [9.17, 15) is 18.0 Å². The number of anilines is 1. The van der Waals surface area contributed by atoms with Gasteiger partial charge in [-0.25, -0.2) is 0 Å². The van der Waals surface area contributed by atoms with E-state index in [-0.39, 0.29) is 5.69 Å². The summed E-state index contributed by atoms with van der Waals surface area (Å²) in [5.74, 6) is -0.474. The quantitative estimate of drug-likeness (QED) is 0.704. The first kappa shape index (κ1) is 15.1. The topological polar surface area (TPSA) is 44.9 Å². The Balaban J connectivity index is 1.91. The molecule has 3 nitrogen and oxygen atoms in total. The van der Waals surface area contributed by atoms with E-state index in [1.807, 2.05) is 24.3 Å². The smallest absolute Gasteiger partial charge is 0.350 e. The van der Waals surface area contributed by atoms with Crippen LogP contribution in [0.15, 0.2) is 48.5 Å². The molecule has 1 amide bonds. The molecule has 0 bridgehead atoms. The first-order valence-corrected chi connectivity index (χ1v) is 6.92. The van der Waals surface area contributed by atoms with Crippen molar-refractivity contribution in [1.82, 2.24) is 4.98 Å². The summed E-state index contributed by atoms with van der Waals surface area (Å²) in [5, 5.41) is 3.41. The van der Waals surface area contributed by atoms with Crippen LogP contribution in [0.2, 0.25) is 0 Å². The number of nitrogens with one attached hydrogen (secondary N) is 2. The molecule has 0 aliphatic rings. The Bertz CT molecular complexity index is 881. The second-order valence-electron chi connectivity index (χ2n) is 5.20. The summed E-state index contributed by atoms with van der Waals surface area (Å²) in [7, 11) is 0. The highest BCUT2D eigenvalue weighted by Crippen LogP contribution is 2.31. The fraction of sp³-hybridized carbons (Fsp3) is 0.118. The molecule has 0 aliphatic heterocycles. The first-order chi connectivity index (χ1) is 10.9. The van der Waals surface area contributed by atoms with Crippen LogP contribution < -0.4 is 5.32 Å². The SMILES string of the molecule is Cc1c(C(=O)Nc2cccc(C(F)(F)F)c2)[nH]c2ccccc12. The highest BCUT2D eigenvalue weighted by molar-refractivity contribution is 6.07. The summed E-state index contributed by atoms with van der Waals surface area (Å²) in [6.45, 7) is 1.79. The number of aromatic nitrogens is 1. The van der Waals surface area contributed by atoms with Gasteiger partial charge in [0.05, 0.1) is 5.56 Å². The van der Waals surface area contributed by atoms with Gasteiger partial charge in [0, 0.05) is 16.6 Å². The van der Waals surface area contributed by atoms with Crippen LogP contribution in [0.25, 0.3) is 10.9 Å². The molecule has 2 aromatic carbocycles. The number of carbonyl (C=O) groups excluding carboxylic acids is 1. The Kier molecular flexibility index (Phi) is 3.60. The average molecular weight is 318 g/mol. The van der Waals surface area contributed by atoms with Crippen molar-refractivity contribution in [2.24, 2.45) is 0 Å². The number of benzene rings is 2. The first-order valence-electron chi connectivity index (χ1n) is 6.92. The lowest BCUT2D eigenvalue weighted by Crippen LogP contribution is -2.14. The number of H-pyrrole nitrogens is 1. The van der Waals surface area contributed by atoms with E-state index in [4.69, 9.17) is 0 Å². The van der Waals surface area contributed by atoms with Crippen molar-refractivity contribution in [1.29, 1.82) is 0 Å². The van der Waals surface area contributed by atoms with E-state index in [2.05, 4.69) is 10.3 Å². The number of aryl methyl sites for hydroxylation is 1. The van der Waals surface area contributed by atoms with Crippen molar-refractivity contribution in [3.05, 3.63) is 65.4 Å². The van der Waals surface area contributed by atoms with Crippen molar-refractivity contribution < 1.29 is 18.0 Å². The summed E-state index contributed by atoms with van der Waals surface area (Å²) in [5.41, 5.74) is 1.19. The van der Waals surface area contributed by atoms with Gasteiger partial charge in [-0.1, -0.05) is 24.3 Å². The molecule has 0 atom stereocenters. The number of aromatic amines is 1. The summed E-state index contributed by atoms with van der Waals surface area (Å²) in [6, 6.07) is 12.0. The maximum atomic E-state index is 12.7. The molecule has 1 heterocycles. The van der Waals surface area contributed by atoms with Crippen LogP contribution in [0, 0.1) is 6.92 Å². The zero-order valence-corrected chi connectivity index (χ0v) is 12.2. The highest BCUT2D eigenvalue weighted by atomic mass is 19.4. The zero-order chi connectivity index (χ0) is 16.6. The van der Waals surface area contributed by atoms with Crippen LogP contribution in [0.3, 0.4) is 0 Å². The van der Waals surface area contributed by atoms with E-state index in [1.165, 1.54) is 12.1 Å². The van der Waals surface area contributed by atoms with Gasteiger partial charge in [0.15, 0.2) is 0 Å². The fourth-order valence-corrected chi connectivity index (χ4v) is 2.48. The third-order valence-corrected chi connectivity index (χ3v) is 3.64. The van der Waals surface area contributed by atoms with Crippen LogP contribution in [0.4, 0.5) is 18.9 Å². The molecule has 0 saturated carbocycles. The molecule has 0 saturated heterocycles. The maximum absolute atomic E-state index is 12.7. The number of rotatable bonds is 2. The normalized spacial score (nSPS) is 11.7. The van der Waals surface area contributed by atoms with Crippen LogP contribution in [0.5, 0.6) is 0 Å². The number of hydrogen-bond acceptors (Lipinski definition) is 1. The second kappa shape index (κ2) is 5.46. The molecule has 118 valence electrons. The number of carbonyl (C=O) groups is 1. The summed E-state index contributed by atoms with van der Waals surface area (Å²) < 4.78 is 38.1. The summed E-state index contributed by atoms with van der Waals surface area (Å²) in [4.78, 5) is 15.3. The minimum Gasteiger partial charge on any atom is -0.350 e. The molecule has 2 N–H and O–H groups in total. The minimum absolute atomic E-state index is 0.0999. The Hall–Kier alpha value is -2.76. The third-order valence-electron chi connectivity index (χ3n) is 3.64. The van der Waals surface area contributed by atoms with E-state index in [0.717, 1.165) is 28.6 Å². The largest absolute Gasteiger partial charge is 0.416 e. The van der Waals surface area contributed by atoms with Crippen molar-refractivity contribution in [3.8, 4) is 0 Å². The van der Waals surface area contributed by atoms with E-state index in [0.29, 0.717) is 5.69 Å². The highest BCUT2D eigenvalue weighted by Gasteiger charge is 2.30. The van der Waals surface area contributed by atoms with Crippen LogP contribution in [0.1, 0.15) is 21.6 Å². The Morgan fingerprint density at radius 2 is 1.83 bits per heavy atom. The lowest BCUT2D eigenvalue weighted by molar-refractivity contribution is -0.137. The zero-order valence-electron chi connectivity index (χ0n) is 12.2. The summed E-state index contributed by atoms with van der Waals surface area (Å²) >= 11 is 0. The van der Waals surface area contributed by atoms with Gasteiger partial charge in [-0.3, -0.25) is 4.79 Å². The molecule has 0 aliphatic carbocycles. The van der Waals surface area contributed by atoms with E-state index in [1.54, 1.807) is 6.92 Å². The number of amides is 1. The number of hydrogen-bond donors (Lipinski definition) is 2. The number of para-hydroxylation sites is 1. The predicted octanol–water partition coefficient (Wildman–Crippen LogP) is 4.75. The van der Waals surface area contributed by atoms with Crippen LogP contribution in [-0.4, -0.2) is 10.9 Å². The number of alkyl halides is 3. The van der Waals surface area contributed by atoms with E-state index < -0.39 is 17.6 Å². The molecule has 0 radical (unpaired) electrons. The number of fused-ring (bicyclic) bond motifs is 1. The average Bonchev–Trinajstić information content (AvgIpc) is 2.84. The fourth-order valence-electron chi connectivity index (χ4n) is 2.48. The van der Waals surface area contributed by atoms with Crippen LogP contribution >= 0.6 is 0 Å². The van der Waals surface area contributed by atoms with Crippen LogP contribution in [-0.2, 0) is 6.18 Å². The van der Waals surface area contributed by atoms with Gasteiger partial charge in [-0.2, -0.15) is 13.2 Å². The second-order valence-corrected chi connectivity index (χ2v) is 5.20. The van der Waals surface area contributed by atoms with Gasteiger partial charge >= 0.3 is 6.18 Å². The lowest BCUT2D eigenvalue weighted by Gasteiger charge is -2.09. The van der Waals surface area contributed by atoms with Crippen molar-refractivity contribution in [2.75, 3.05) is 5.32 Å². The summed E-state index contributed by atoms with van der Waals surface area (Å²) in [6.07, 6.45) is -4.45. The van der Waals surface area contributed by atoms with Gasteiger partial charge in [0.1, 0.15) is 5.69 Å². The van der Waals surface area contributed by atoms with Gasteiger partial charge < -0.3 is 10.3 Å². The van der Waals surface area contributed by atoms with Crippen molar-refractivity contribution in [3.63, 3.8) is 0 Å². The number of halogens is 3. The molecular formula is C17H13F3N2O. The lowest BCUT2D eigenvalue weighted by atomic mass is 10.1. The molecule has 0 unspecified atom stereocenters. The van der Waals surface area contributed by atoms with Gasteiger partial charge in [0.2, 0.25) is 0 Å². The van der Waals surface area contributed by atoms with Crippen molar-refractivity contribution in [2.45, 2.75) is 13.1 Å². The predicted molar refractivity (Wildman–Crippen MR) is 82.4 cm³/mol. The van der Waals surface area contributed by atoms with Gasteiger partial charge in [-0.15, -0.1) is 0 Å². The Morgan fingerprint density at radius 1 is 1.09 bits per heavy atom. The molecule has 3 aromatic rings. The monoisotopic (exact) mass is 318 g/mol. The molecule has 6 heteroatoms. The molecule has 0 fully saturated rings. The molecule has 0 spiro atoms. The molecule has 23 heavy (non-hydrogen) atoms. The molecule has 1 aromatic heterocycles. The molecule has 3 rings (SSSR count). The Morgan fingerprint density at radius 3 is 2.52 bits per heavy atom. The standard InChI is InChI=1S/C17H13F3N2O/c1-10-13-7-2-3-8-14(13)22-15(10)16(23)21-12-6-4-5-11(9-12)17(18,19)20/h2-9,22H,1H3,(H,21,23). The van der Waals surface area contributed by atoms with Crippen molar-refractivity contribution >= 4 is 22.5 Å². The Labute approximate surface area is 130 Å². The third kappa shape index (κ3) is 2.92. The molecular weight excluding hydrogens is 305 g/mol. The van der Waals surface area contributed by atoms with Gasteiger partial charge in [-0.05, 0) is 36.8 Å².